The second-order valence-electron chi connectivity index (χ2n) is 3.43. The molecule has 1 aliphatic rings. The number of hydrogen-bond acceptors (Lipinski definition) is 5. The van der Waals surface area contributed by atoms with E-state index >= 15 is 0 Å². The van der Waals surface area contributed by atoms with Crippen molar-refractivity contribution in [1.82, 2.24) is 15.9 Å². The molecule has 0 aromatic heterocycles. The molecule has 1 fully saturated rings. The number of guanidine groups is 1. The molecule has 16 heavy (non-hydrogen) atoms. The molecule has 0 saturated carbocycles. The number of aliphatic imine (C=N–C) groups is 1. The lowest BCUT2D eigenvalue weighted by atomic mass is 10.5. The second kappa shape index (κ2) is 8.28. The third kappa shape index (κ3) is 5.26. The number of rotatable bonds is 5. The minimum absolute atomic E-state index is 0.581. The Bertz CT molecular complexity index is 206. The summed E-state index contributed by atoms with van der Waals surface area (Å²) in [5, 5.41) is 2.03. The van der Waals surface area contributed by atoms with Crippen molar-refractivity contribution < 1.29 is 9.47 Å². The van der Waals surface area contributed by atoms with Crippen molar-refractivity contribution in [3.8, 4) is 0 Å². The zero-order chi connectivity index (χ0) is 11.6. The third-order valence-corrected chi connectivity index (χ3v) is 2.19. The molecular weight excluding hydrogens is 210 g/mol. The SMILES string of the molecule is COCCCN=C(NN)NN1CCOCC1. The molecule has 4 N–H and O–H groups in total. The Morgan fingerprint density at radius 2 is 2.25 bits per heavy atom. The summed E-state index contributed by atoms with van der Waals surface area (Å²) in [5.41, 5.74) is 5.65. The Hall–Kier alpha value is -0.890. The van der Waals surface area contributed by atoms with E-state index in [2.05, 4.69) is 15.8 Å². The van der Waals surface area contributed by atoms with Gasteiger partial charge in [0.2, 0.25) is 5.96 Å². The van der Waals surface area contributed by atoms with Crippen molar-refractivity contribution >= 4 is 5.96 Å². The van der Waals surface area contributed by atoms with Gasteiger partial charge in [0, 0.05) is 33.4 Å². The smallest absolute Gasteiger partial charge is 0.220 e. The first-order valence-corrected chi connectivity index (χ1v) is 5.46. The highest BCUT2D eigenvalue weighted by atomic mass is 16.5. The van der Waals surface area contributed by atoms with Crippen molar-refractivity contribution in [2.24, 2.45) is 10.8 Å². The molecule has 0 amide bonds. The summed E-state index contributed by atoms with van der Waals surface area (Å²) in [6.45, 7) is 4.52. The summed E-state index contributed by atoms with van der Waals surface area (Å²) in [6.07, 6.45) is 0.881. The van der Waals surface area contributed by atoms with Crippen LogP contribution < -0.4 is 16.7 Å². The average molecular weight is 231 g/mol. The first-order valence-electron chi connectivity index (χ1n) is 5.46. The van der Waals surface area contributed by atoms with E-state index in [9.17, 15) is 0 Å². The third-order valence-electron chi connectivity index (χ3n) is 2.19. The number of methoxy groups -OCH3 is 1. The minimum Gasteiger partial charge on any atom is -0.385 e. The Morgan fingerprint density at radius 1 is 1.50 bits per heavy atom. The lowest BCUT2D eigenvalue weighted by Crippen LogP contribution is -2.54. The van der Waals surface area contributed by atoms with Crippen LogP contribution in [0.15, 0.2) is 4.99 Å². The Labute approximate surface area is 95.9 Å². The zero-order valence-electron chi connectivity index (χ0n) is 9.74. The van der Waals surface area contributed by atoms with E-state index in [0.29, 0.717) is 19.1 Å². The highest BCUT2D eigenvalue weighted by Crippen LogP contribution is 1.92. The predicted molar refractivity (Wildman–Crippen MR) is 61.6 cm³/mol. The van der Waals surface area contributed by atoms with Gasteiger partial charge in [0.25, 0.3) is 0 Å². The molecule has 0 atom stereocenters. The number of nitrogens with one attached hydrogen (secondary N) is 2. The summed E-state index contributed by atoms with van der Waals surface area (Å²) in [4.78, 5) is 4.28. The highest BCUT2D eigenvalue weighted by molar-refractivity contribution is 5.78. The van der Waals surface area contributed by atoms with Crippen LogP contribution in [0.5, 0.6) is 0 Å². The average Bonchev–Trinajstić information content (AvgIpc) is 2.34. The van der Waals surface area contributed by atoms with Gasteiger partial charge < -0.3 is 9.47 Å². The molecule has 1 aliphatic heterocycles. The van der Waals surface area contributed by atoms with Crippen molar-refractivity contribution in [1.29, 1.82) is 0 Å². The number of nitrogens with zero attached hydrogens (tertiary/aromatic N) is 2. The summed E-state index contributed by atoms with van der Waals surface area (Å²) in [5.74, 6) is 5.95. The first kappa shape index (κ1) is 13.2. The van der Waals surface area contributed by atoms with Crippen LogP contribution in [0.25, 0.3) is 0 Å². The van der Waals surface area contributed by atoms with Gasteiger partial charge >= 0.3 is 0 Å². The minimum atomic E-state index is 0.581. The van der Waals surface area contributed by atoms with Crippen LogP contribution in [0.1, 0.15) is 6.42 Å². The normalized spacial score (nSPS) is 18.5. The van der Waals surface area contributed by atoms with E-state index in [1.165, 1.54) is 0 Å². The summed E-state index contributed by atoms with van der Waals surface area (Å²) >= 11 is 0. The molecule has 1 rings (SSSR count). The fourth-order valence-electron chi connectivity index (χ4n) is 1.34. The molecule has 94 valence electrons. The lowest BCUT2D eigenvalue weighted by molar-refractivity contribution is 0.0241. The quantitative estimate of drug-likeness (QED) is 0.179. The molecule has 0 unspecified atom stereocenters. The molecule has 1 saturated heterocycles. The van der Waals surface area contributed by atoms with Crippen molar-refractivity contribution in [2.75, 3.05) is 46.6 Å². The Balaban J connectivity index is 2.23. The van der Waals surface area contributed by atoms with Gasteiger partial charge in [-0.05, 0) is 6.42 Å². The topological polar surface area (TPSA) is 84.1 Å². The van der Waals surface area contributed by atoms with E-state index in [1.54, 1.807) is 7.11 Å². The Morgan fingerprint density at radius 3 is 2.88 bits per heavy atom. The number of hydrogen-bond donors (Lipinski definition) is 3. The van der Waals surface area contributed by atoms with E-state index < -0.39 is 0 Å². The molecule has 0 bridgehead atoms. The lowest BCUT2D eigenvalue weighted by Gasteiger charge is -2.28. The maximum Gasteiger partial charge on any atom is 0.220 e. The largest absolute Gasteiger partial charge is 0.385 e. The van der Waals surface area contributed by atoms with E-state index in [4.69, 9.17) is 15.3 Å². The summed E-state index contributed by atoms with van der Waals surface area (Å²) < 4.78 is 10.2. The van der Waals surface area contributed by atoms with Crippen LogP contribution in [0.3, 0.4) is 0 Å². The number of hydrazine groups is 2. The fourth-order valence-corrected chi connectivity index (χ4v) is 1.34. The molecule has 0 aromatic rings. The van der Waals surface area contributed by atoms with Crippen molar-refractivity contribution in [3.05, 3.63) is 0 Å². The molecule has 7 nitrogen and oxygen atoms in total. The van der Waals surface area contributed by atoms with Crippen LogP contribution in [0, 0.1) is 0 Å². The van der Waals surface area contributed by atoms with Gasteiger partial charge in [0.05, 0.1) is 13.2 Å². The number of morpholine rings is 1. The van der Waals surface area contributed by atoms with Gasteiger partial charge in [-0.3, -0.25) is 15.8 Å². The molecule has 0 aromatic carbocycles. The van der Waals surface area contributed by atoms with Gasteiger partial charge in [-0.25, -0.2) is 10.9 Å². The molecular formula is C9H21N5O2. The van der Waals surface area contributed by atoms with Crippen LogP contribution >= 0.6 is 0 Å². The molecule has 0 aliphatic carbocycles. The highest BCUT2D eigenvalue weighted by Gasteiger charge is 2.10. The molecule has 1 heterocycles. The maximum absolute atomic E-state index is 5.37. The van der Waals surface area contributed by atoms with E-state index in [1.807, 2.05) is 5.01 Å². The van der Waals surface area contributed by atoms with E-state index in [-0.39, 0.29) is 0 Å². The maximum atomic E-state index is 5.37. The molecule has 7 heteroatoms. The van der Waals surface area contributed by atoms with Crippen molar-refractivity contribution in [3.63, 3.8) is 0 Å². The standard InChI is InChI=1S/C9H21N5O2/c1-15-6-2-3-11-9(12-10)13-14-4-7-16-8-5-14/h2-8,10H2,1H3,(H2,11,12,13). The van der Waals surface area contributed by atoms with Crippen LogP contribution in [0.2, 0.25) is 0 Å². The first-order chi connectivity index (χ1) is 7.86. The predicted octanol–water partition coefficient (Wildman–Crippen LogP) is -1.32. The van der Waals surface area contributed by atoms with Crippen molar-refractivity contribution in [2.45, 2.75) is 6.42 Å². The van der Waals surface area contributed by atoms with Gasteiger partial charge in [-0.2, -0.15) is 0 Å². The fraction of sp³-hybridized carbons (Fsp3) is 0.889. The Kier molecular flexibility index (Phi) is 6.82. The van der Waals surface area contributed by atoms with Crippen LogP contribution in [-0.2, 0) is 9.47 Å². The van der Waals surface area contributed by atoms with Gasteiger partial charge in [-0.1, -0.05) is 0 Å². The van der Waals surface area contributed by atoms with Crippen LogP contribution in [0.4, 0.5) is 0 Å². The zero-order valence-corrected chi connectivity index (χ0v) is 9.74. The molecule has 0 radical (unpaired) electrons. The van der Waals surface area contributed by atoms with Crippen LogP contribution in [-0.4, -0.2) is 57.5 Å². The monoisotopic (exact) mass is 231 g/mol. The van der Waals surface area contributed by atoms with Gasteiger partial charge in [0.1, 0.15) is 0 Å². The number of nitrogens with two attached hydrogens (primary N) is 1. The number of ether oxygens (including phenoxy) is 2. The molecule has 0 spiro atoms. The summed E-state index contributed by atoms with van der Waals surface area (Å²) in [6, 6.07) is 0. The van der Waals surface area contributed by atoms with Gasteiger partial charge in [0.15, 0.2) is 0 Å². The summed E-state index contributed by atoms with van der Waals surface area (Å²) in [7, 11) is 1.68. The van der Waals surface area contributed by atoms with E-state index in [0.717, 1.165) is 32.7 Å². The second-order valence-corrected chi connectivity index (χ2v) is 3.43. The van der Waals surface area contributed by atoms with Gasteiger partial charge in [-0.15, -0.1) is 0 Å².